The van der Waals surface area contributed by atoms with E-state index in [0.29, 0.717) is 19.5 Å². The fourth-order valence-corrected chi connectivity index (χ4v) is 2.26. The maximum atomic E-state index is 11.8. The Morgan fingerprint density at radius 3 is 2.29 bits per heavy atom. The molecule has 0 radical (unpaired) electrons. The van der Waals surface area contributed by atoms with Gasteiger partial charge in [0.25, 0.3) is 0 Å². The van der Waals surface area contributed by atoms with Crippen molar-refractivity contribution in [3.63, 3.8) is 0 Å². The minimum absolute atomic E-state index is 0.345. The highest BCUT2D eigenvalue weighted by molar-refractivity contribution is 6.35. The van der Waals surface area contributed by atoms with Crippen LogP contribution in [0.5, 0.6) is 5.75 Å². The Morgan fingerprint density at radius 2 is 1.62 bits per heavy atom. The monoisotopic (exact) mass is 326 g/mol. The maximum Gasteiger partial charge on any atom is 0.309 e. The quantitative estimate of drug-likeness (QED) is 0.798. The van der Waals surface area contributed by atoms with E-state index in [9.17, 15) is 9.59 Å². The van der Waals surface area contributed by atoms with Gasteiger partial charge in [0, 0.05) is 13.1 Å². The summed E-state index contributed by atoms with van der Waals surface area (Å²) in [6.07, 6.45) is 0.654. The standard InChI is InChI=1S/C19H22N2O3/c1-14-5-3-4-6-16(14)13-21-19(23)18(22)20-12-11-15-7-9-17(24-2)10-8-15/h3-10H,11-13H2,1-2H3,(H,20,22)(H,21,23). The fourth-order valence-electron chi connectivity index (χ4n) is 2.26. The second kappa shape index (κ2) is 8.72. The summed E-state index contributed by atoms with van der Waals surface area (Å²) < 4.78 is 5.09. The van der Waals surface area contributed by atoms with E-state index in [-0.39, 0.29) is 0 Å². The molecule has 0 unspecified atom stereocenters. The molecule has 126 valence electrons. The number of ether oxygens (including phenoxy) is 1. The Hall–Kier alpha value is -2.82. The number of carbonyl (C=O) groups excluding carboxylic acids is 2. The van der Waals surface area contributed by atoms with Crippen LogP contribution < -0.4 is 15.4 Å². The fraction of sp³-hybridized carbons (Fsp3) is 0.263. The van der Waals surface area contributed by atoms with Crippen LogP contribution in [-0.2, 0) is 22.6 Å². The van der Waals surface area contributed by atoms with Crippen molar-refractivity contribution >= 4 is 11.8 Å². The third kappa shape index (κ3) is 5.12. The number of nitrogens with one attached hydrogen (secondary N) is 2. The van der Waals surface area contributed by atoms with Gasteiger partial charge in [0.1, 0.15) is 5.75 Å². The molecule has 2 amide bonds. The van der Waals surface area contributed by atoms with Gasteiger partial charge in [0.15, 0.2) is 0 Å². The van der Waals surface area contributed by atoms with Gasteiger partial charge in [-0.25, -0.2) is 0 Å². The van der Waals surface area contributed by atoms with E-state index in [0.717, 1.165) is 22.4 Å². The van der Waals surface area contributed by atoms with Crippen LogP contribution in [-0.4, -0.2) is 25.5 Å². The molecule has 2 aromatic rings. The van der Waals surface area contributed by atoms with Crippen LogP contribution in [0.1, 0.15) is 16.7 Å². The van der Waals surface area contributed by atoms with Gasteiger partial charge in [0.05, 0.1) is 7.11 Å². The molecule has 0 heterocycles. The second-order valence-corrected chi connectivity index (χ2v) is 5.46. The molecule has 0 aliphatic heterocycles. The van der Waals surface area contributed by atoms with Gasteiger partial charge in [0.2, 0.25) is 0 Å². The van der Waals surface area contributed by atoms with Crippen LogP contribution in [0.2, 0.25) is 0 Å². The summed E-state index contributed by atoms with van der Waals surface area (Å²) in [5.74, 6) is -0.441. The van der Waals surface area contributed by atoms with E-state index >= 15 is 0 Å². The minimum Gasteiger partial charge on any atom is -0.497 e. The van der Waals surface area contributed by atoms with E-state index < -0.39 is 11.8 Å². The lowest BCUT2D eigenvalue weighted by Crippen LogP contribution is -2.40. The summed E-state index contributed by atoms with van der Waals surface area (Å²) in [4.78, 5) is 23.6. The molecule has 0 saturated heterocycles. The molecule has 0 aliphatic carbocycles. The average molecular weight is 326 g/mol. The predicted octanol–water partition coefficient (Wildman–Crippen LogP) is 1.98. The number of amides is 2. The molecule has 2 N–H and O–H groups in total. The maximum absolute atomic E-state index is 11.8. The number of aryl methyl sites for hydroxylation is 1. The highest BCUT2D eigenvalue weighted by atomic mass is 16.5. The molecule has 0 bridgehead atoms. The van der Waals surface area contributed by atoms with Crippen molar-refractivity contribution in [3.05, 3.63) is 65.2 Å². The Morgan fingerprint density at radius 1 is 0.958 bits per heavy atom. The van der Waals surface area contributed by atoms with Gasteiger partial charge in [-0.1, -0.05) is 36.4 Å². The topological polar surface area (TPSA) is 67.4 Å². The summed E-state index contributed by atoms with van der Waals surface area (Å²) in [5, 5.41) is 5.26. The highest BCUT2D eigenvalue weighted by Gasteiger charge is 2.12. The summed E-state index contributed by atoms with van der Waals surface area (Å²) in [7, 11) is 1.62. The van der Waals surface area contributed by atoms with Crippen LogP contribution in [0.25, 0.3) is 0 Å². The van der Waals surface area contributed by atoms with Crippen molar-refractivity contribution in [1.29, 1.82) is 0 Å². The first-order valence-electron chi connectivity index (χ1n) is 7.83. The molecule has 2 rings (SSSR count). The van der Waals surface area contributed by atoms with Gasteiger partial charge in [-0.3, -0.25) is 9.59 Å². The van der Waals surface area contributed by atoms with Crippen LogP contribution in [0.4, 0.5) is 0 Å². The first kappa shape index (κ1) is 17.5. The molecule has 0 saturated carbocycles. The molecular formula is C19H22N2O3. The van der Waals surface area contributed by atoms with Crippen molar-refractivity contribution in [2.45, 2.75) is 19.9 Å². The van der Waals surface area contributed by atoms with Crippen LogP contribution in [0.3, 0.4) is 0 Å². The predicted molar refractivity (Wildman–Crippen MR) is 92.7 cm³/mol. The third-order valence-electron chi connectivity index (χ3n) is 3.77. The largest absolute Gasteiger partial charge is 0.497 e. The lowest BCUT2D eigenvalue weighted by atomic mass is 10.1. The summed E-state index contributed by atoms with van der Waals surface area (Å²) in [5.41, 5.74) is 3.14. The van der Waals surface area contributed by atoms with E-state index in [1.807, 2.05) is 55.5 Å². The average Bonchev–Trinajstić information content (AvgIpc) is 2.61. The van der Waals surface area contributed by atoms with E-state index in [1.165, 1.54) is 0 Å². The smallest absolute Gasteiger partial charge is 0.309 e. The van der Waals surface area contributed by atoms with Crippen LogP contribution in [0.15, 0.2) is 48.5 Å². The molecule has 0 spiro atoms. The van der Waals surface area contributed by atoms with E-state index in [1.54, 1.807) is 7.11 Å². The first-order valence-corrected chi connectivity index (χ1v) is 7.83. The zero-order chi connectivity index (χ0) is 17.4. The van der Waals surface area contributed by atoms with Gasteiger partial charge < -0.3 is 15.4 Å². The Balaban J connectivity index is 1.73. The molecule has 5 nitrogen and oxygen atoms in total. The normalized spacial score (nSPS) is 10.1. The Bertz CT molecular complexity index is 696. The number of hydrogen-bond donors (Lipinski definition) is 2. The van der Waals surface area contributed by atoms with Crippen LogP contribution in [0, 0.1) is 6.92 Å². The number of benzene rings is 2. The lowest BCUT2D eigenvalue weighted by molar-refractivity contribution is -0.139. The number of methoxy groups -OCH3 is 1. The minimum atomic E-state index is -0.618. The van der Waals surface area contributed by atoms with Crippen molar-refractivity contribution in [3.8, 4) is 5.75 Å². The van der Waals surface area contributed by atoms with Crippen molar-refractivity contribution in [1.82, 2.24) is 10.6 Å². The Labute approximate surface area is 142 Å². The molecule has 0 fully saturated rings. The van der Waals surface area contributed by atoms with Crippen molar-refractivity contribution in [2.75, 3.05) is 13.7 Å². The molecule has 5 heteroatoms. The SMILES string of the molecule is COc1ccc(CCNC(=O)C(=O)NCc2ccccc2C)cc1. The van der Waals surface area contributed by atoms with Crippen LogP contribution >= 0.6 is 0 Å². The molecule has 2 aromatic carbocycles. The number of carbonyl (C=O) groups is 2. The van der Waals surface area contributed by atoms with Gasteiger partial charge in [-0.15, -0.1) is 0 Å². The molecule has 0 atom stereocenters. The Kier molecular flexibility index (Phi) is 6.37. The molecular weight excluding hydrogens is 304 g/mol. The van der Waals surface area contributed by atoms with Crippen molar-refractivity contribution in [2.24, 2.45) is 0 Å². The lowest BCUT2D eigenvalue weighted by Gasteiger charge is -2.08. The van der Waals surface area contributed by atoms with Crippen molar-refractivity contribution < 1.29 is 14.3 Å². The van der Waals surface area contributed by atoms with Gasteiger partial charge in [-0.2, -0.15) is 0 Å². The number of rotatable bonds is 6. The first-order chi connectivity index (χ1) is 11.6. The molecule has 0 aromatic heterocycles. The van der Waals surface area contributed by atoms with Gasteiger partial charge >= 0.3 is 11.8 Å². The van der Waals surface area contributed by atoms with E-state index in [4.69, 9.17) is 4.74 Å². The third-order valence-corrected chi connectivity index (χ3v) is 3.77. The zero-order valence-corrected chi connectivity index (χ0v) is 14.0. The summed E-state index contributed by atoms with van der Waals surface area (Å²) in [6, 6.07) is 15.3. The number of hydrogen-bond acceptors (Lipinski definition) is 3. The zero-order valence-electron chi connectivity index (χ0n) is 14.0. The summed E-state index contributed by atoms with van der Waals surface area (Å²) in [6.45, 7) is 2.72. The second-order valence-electron chi connectivity index (χ2n) is 5.46. The van der Waals surface area contributed by atoms with E-state index in [2.05, 4.69) is 10.6 Å². The molecule has 0 aliphatic rings. The highest BCUT2D eigenvalue weighted by Crippen LogP contribution is 2.11. The van der Waals surface area contributed by atoms with Gasteiger partial charge in [-0.05, 0) is 42.2 Å². The summed E-state index contributed by atoms with van der Waals surface area (Å²) >= 11 is 0. The molecule has 24 heavy (non-hydrogen) atoms.